The molecule has 0 aromatic carbocycles. The van der Waals surface area contributed by atoms with E-state index in [0.717, 1.165) is 142 Å². The smallest absolute Gasteiger partial charge is 0.407 e. The first kappa shape index (κ1) is 86.3. The summed E-state index contributed by atoms with van der Waals surface area (Å²) < 4.78 is 39.5. The minimum atomic E-state index is -0.409. The molecule has 17 atom stereocenters. The highest BCUT2D eigenvalue weighted by molar-refractivity contribution is 5.80. The molecule has 0 heterocycles. The summed E-state index contributed by atoms with van der Waals surface area (Å²) in [4.78, 5) is 77.2. The number of carbonyl (C=O) groups is 6. The zero-order valence-electron chi connectivity index (χ0n) is 67.6. The van der Waals surface area contributed by atoms with Gasteiger partial charge in [-0.3, -0.25) is 19.2 Å². The van der Waals surface area contributed by atoms with Gasteiger partial charge in [-0.25, -0.2) is 9.59 Å². The molecule has 8 aliphatic rings. The molecule has 0 saturated heterocycles. The van der Waals surface area contributed by atoms with Gasteiger partial charge < -0.3 is 65.1 Å². The molecule has 8 rings (SSSR count). The van der Waals surface area contributed by atoms with Crippen LogP contribution in [0, 0.1) is 92.7 Å². The molecular weight excluding hydrogens is 1320 g/mol. The number of hydrogen-bond donors (Lipinski definition) is 6. The first-order valence-electron chi connectivity index (χ1n) is 42.6. The summed E-state index contributed by atoms with van der Waals surface area (Å²) >= 11 is 0. The van der Waals surface area contributed by atoms with Crippen LogP contribution in [0.3, 0.4) is 0 Å². The number of fused-ring (bicyclic) bond motifs is 10. The largest absolute Gasteiger partial charge is 0.446 e. The Morgan fingerprint density at radius 3 is 1.37 bits per heavy atom. The Labute approximate surface area is 634 Å². The lowest BCUT2D eigenvalue weighted by atomic mass is 9.47. The van der Waals surface area contributed by atoms with Gasteiger partial charge in [-0.1, -0.05) is 144 Å². The third-order valence-corrected chi connectivity index (χ3v) is 27.9. The third kappa shape index (κ3) is 25.4. The van der Waals surface area contributed by atoms with Gasteiger partial charge >= 0.3 is 12.2 Å². The van der Waals surface area contributed by atoms with Gasteiger partial charge in [0.05, 0.1) is 39.6 Å². The Kier molecular flexibility index (Phi) is 35.6. The molecular formula is C86H148N6O13. The topological polar surface area (TPSA) is 239 Å². The average Bonchev–Trinajstić information content (AvgIpc) is 1.59. The van der Waals surface area contributed by atoms with Crippen LogP contribution < -0.4 is 31.9 Å². The van der Waals surface area contributed by atoms with Crippen molar-refractivity contribution in [3.8, 4) is 0 Å². The molecule has 8 aliphatic carbocycles. The second-order valence-electron chi connectivity index (χ2n) is 35.8. The summed E-state index contributed by atoms with van der Waals surface area (Å²) in [5.41, 5.74) is 4.36. The van der Waals surface area contributed by atoms with Crippen molar-refractivity contribution < 1.29 is 61.9 Å². The molecule has 0 aliphatic heterocycles. The quantitative estimate of drug-likeness (QED) is 0.0246. The van der Waals surface area contributed by atoms with Crippen molar-refractivity contribution in [3.63, 3.8) is 0 Å². The van der Waals surface area contributed by atoms with E-state index in [-0.39, 0.29) is 112 Å². The molecule has 19 heteroatoms. The van der Waals surface area contributed by atoms with E-state index in [1.165, 1.54) is 114 Å². The van der Waals surface area contributed by atoms with Crippen molar-refractivity contribution in [2.45, 2.75) is 293 Å². The van der Waals surface area contributed by atoms with Gasteiger partial charge in [-0.05, 0) is 221 Å². The number of hydrogen-bond acceptors (Lipinski definition) is 13. The monoisotopic (exact) mass is 1470 g/mol. The second kappa shape index (κ2) is 43.3. The van der Waals surface area contributed by atoms with Crippen molar-refractivity contribution in [2.24, 2.45) is 92.7 Å². The molecule has 0 radical (unpaired) electrons. The van der Waals surface area contributed by atoms with E-state index in [9.17, 15) is 28.8 Å². The Morgan fingerprint density at radius 1 is 0.429 bits per heavy atom. The number of carbonyl (C=O) groups excluding carboxylic acids is 6. The average molecular weight is 1470 g/mol. The van der Waals surface area contributed by atoms with Gasteiger partial charge in [0, 0.05) is 78.2 Å². The van der Waals surface area contributed by atoms with Gasteiger partial charge in [-0.2, -0.15) is 0 Å². The van der Waals surface area contributed by atoms with Crippen molar-refractivity contribution in [1.82, 2.24) is 31.9 Å². The van der Waals surface area contributed by atoms with Crippen molar-refractivity contribution >= 4 is 35.8 Å². The molecule has 6 N–H and O–H groups in total. The molecule has 0 spiro atoms. The van der Waals surface area contributed by atoms with E-state index in [0.29, 0.717) is 69.3 Å². The number of ether oxygens (including phenoxy) is 7. The van der Waals surface area contributed by atoms with E-state index in [4.69, 9.17) is 33.2 Å². The van der Waals surface area contributed by atoms with Crippen LogP contribution in [0.15, 0.2) is 23.3 Å². The Morgan fingerprint density at radius 2 is 0.886 bits per heavy atom. The SMILES string of the molecule is COCCCCCCNC(=O)C[C@H](CCCCNC(=O)COCCOCCNC(=O)OC1CCC2(C)C(=CCC3C2CCC2(C)C(C(C)CCCC(C)C)CCC32)C1)NC(=O)CCCNC(=O)COCCOCCNC(=O)OC1CCC2(C)C(=CCC3C2CCC2(C)C(C(C)CCCC(C)C)CCC32)C1. The van der Waals surface area contributed by atoms with Gasteiger partial charge in [0.1, 0.15) is 25.4 Å². The fourth-order valence-electron chi connectivity index (χ4n) is 22.2. The Hall–Kier alpha value is -4.30. The van der Waals surface area contributed by atoms with Crippen LogP contribution in [-0.4, -0.2) is 153 Å². The zero-order valence-corrected chi connectivity index (χ0v) is 67.6. The zero-order chi connectivity index (χ0) is 75.4. The standard InChI is InChI=1S/C86H148N6O13/c1-60(2)21-18-23-62(5)71-31-33-73-69-29-27-64-55-67(35-39-83(64,7)75(69)37-41-85(71,73)9)104-81(97)90-46-49-100-51-53-102-58-79(95)88-44-16-14-25-66(57-78(94)87-43-15-12-13-17-48-99-11)92-77(93)26-20-45-89-80(96)59-103-54-52-101-50-47-91-82(98)105-68-36-40-84(8)65(56-68)28-30-70-74-34-32-72(63(6)24-19-22-61(3)4)86(74,10)42-38-76(70)84/h27-28,60-63,66-76H,12-26,29-59H2,1-11H3,(H,87,94)(H,88,95)(H,89,96)(H,90,97)(H,91,98)(H,92,93)/t62?,63?,66-,67?,68?,69?,70?,71?,72?,73?,74?,75?,76?,83?,84?,85?,86?/m0/s1. The first-order valence-corrected chi connectivity index (χ1v) is 42.6. The van der Waals surface area contributed by atoms with Crippen molar-refractivity contribution in [1.29, 1.82) is 0 Å². The lowest BCUT2D eigenvalue weighted by Gasteiger charge is -2.58. The third-order valence-electron chi connectivity index (χ3n) is 27.9. The van der Waals surface area contributed by atoms with Crippen LogP contribution in [0.5, 0.6) is 0 Å². The molecule has 600 valence electrons. The van der Waals surface area contributed by atoms with Crippen LogP contribution in [-0.2, 0) is 52.3 Å². The van der Waals surface area contributed by atoms with Crippen LogP contribution in [0.1, 0.15) is 275 Å². The van der Waals surface area contributed by atoms with Gasteiger partial charge in [0.25, 0.3) is 0 Å². The lowest BCUT2D eigenvalue weighted by Crippen LogP contribution is -2.51. The number of amides is 6. The minimum absolute atomic E-state index is 0.113. The van der Waals surface area contributed by atoms with E-state index in [2.05, 4.69) is 113 Å². The molecule has 19 nitrogen and oxygen atoms in total. The summed E-state index contributed by atoms with van der Waals surface area (Å²) in [7, 11) is 1.69. The molecule has 6 saturated carbocycles. The predicted molar refractivity (Wildman–Crippen MR) is 415 cm³/mol. The fraction of sp³-hybridized carbons (Fsp3) is 0.884. The number of allylic oxidation sites excluding steroid dienone is 2. The molecule has 16 unspecified atom stereocenters. The highest BCUT2D eigenvalue weighted by Crippen LogP contribution is 2.69. The van der Waals surface area contributed by atoms with Crippen molar-refractivity contribution in [3.05, 3.63) is 23.3 Å². The number of unbranched alkanes of at least 4 members (excludes halogenated alkanes) is 4. The minimum Gasteiger partial charge on any atom is -0.446 e. The first-order chi connectivity index (χ1) is 50.5. The molecule has 0 aromatic heterocycles. The maximum atomic E-state index is 13.2. The maximum absolute atomic E-state index is 13.2. The van der Waals surface area contributed by atoms with E-state index in [1.54, 1.807) is 7.11 Å². The van der Waals surface area contributed by atoms with Crippen molar-refractivity contribution in [2.75, 3.05) is 99.3 Å². The normalized spacial score (nSPS) is 30.4. The summed E-state index contributed by atoms with van der Waals surface area (Å²) in [6.45, 7) is 28.8. The molecule has 6 fully saturated rings. The van der Waals surface area contributed by atoms with Crippen LogP contribution in [0.2, 0.25) is 0 Å². The highest BCUT2D eigenvalue weighted by atomic mass is 16.6. The van der Waals surface area contributed by atoms with Gasteiger partial charge in [-0.15, -0.1) is 0 Å². The van der Waals surface area contributed by atoms with Gasteiger partial charge in [0.15, 0.2) is 0 Å². The molecule has 6 amide bonds. The molecule has 0 aromatic rings. The van der Waals surface area contributed by atoms with Crippen LogP contribution in [0.25, 0.3) is 0 Å². The van der Waals surface area contributed by atoms with E-state index < -0.39 is 18.2 Å². The Balaban J connectivity index is 0.616. The number of rotatable bonds is 47. The Bertz CT molecular complexity index is 2750. The number of nitrogens with one attached hydrogen (secondary N) is 6. The second-order valence-corrected chi connectivity index (χ2v) is 35.8. The predicted octanol–water partition coefficient (Wildman–Crippen LogP) is 15.7. The van der Waals surface area contributed by atoms with Crippen LogP contribution in [0.4, 0.5) is 9.59 Å². The number of alkyl carbamates (subject to hydrolysis) is 2. The summed E-state index contributed by atoms with van der Waals surface area (Å²) in [6.07, 6.45) is 37.5. The van der Waals surface area contributed by atoms with E-state index >= 15 is 0 Å². The molecule has 0 bridgehead atoms. The van der Waals surface area contributed by atoms with Crippen LogP contribution >= 0.6 is 0 Å². The summed E-state index contributed by atoms with van der Waals surface area (Å²) in [5.74, 6) is 8.66. The summed E-state index contributed by atoms with van der Waals surface area (Å²) in [6, 6.07) is -0.397. The van der Waals surface area contributed by atoms with Gasteiger partial charge in [0.2, 0.25) is 23.6 Å². The molecule has 105 heavy (non-hydrogen) atoms. The maximum Gasteiger partial charge on any atom is 0.407 e. The highest BCUT2D eigenvalue weighted by Gasteiger charge is 2.61. The number of methoxy groups -OCH3 is 1. The summed E-state index contributed by atoms with van der Waals surface area (Å²) in [5, 5.41) is 17.5. The lowest BCUT2D eigenvalue weighted by molar-refractivity contribution is -0.127. The van der Waals surface area contributed by atoms with E-state index in [1.807, 2.05) is 0 Å². The fourth-order valence-corrected chi connectivity index (χ4v) is 22.2.